The van der Waals surface area contributed by atoms with E-state index < -0.39 is 0 Å². The molecule has 0 aromatic heterocycles. The van der Waals surface area contributed by atoms with Crippen molar-refractivity contribution < 1.29 is 14.3 Å². The van der Waals surface area contributed by atoms with Gasteiger partial charge in [0.15, 0.2) is 11.5 Å². The van der Waals surface area contributed by atoms with Crippen LogP contribution < -0.4 is 20.5 Å². The molecule has 0 saturated carbocycles. The predicted molar refractivity (Wildman–Crippen MR) is 119 cm³/mol. The van der Waals surface area contributed by atoms with E-state index in [1.165, 1.54) is 0 Å². The Morgan fingerprint density at radius 3 is 2.47 bits per heavy atom. The van der Waals surface area contributed by atoms with Crippen LogP contribution in [0.1, 0.15) is 16.7 Å². The van der Waals surface area contributed by atoms with E-state index in [9.17, 15) is 4.79 Å². The number of ether oxygens (including phenoxy) is 2. The van der Waals surface area contributed by atoms with Gasteiger partial charge >= 0.3 is 0 Å². The Balaban J connectivity index is 1.64. The molecule has 3 N–H and O–H groups in total. The van der Waals surface area contributed by atoms with Gasteiger partial charge < -0.3 is 20.5 Å². The van der Waals surface area contributed by atoms with Gasteiger partial charge in [0.25, 0.3) is 0 Å². The molecule has 0 spiro atoms. The van der Waals surface area contributed by atoms with Gasteiger partial charge in [-0.3, -0.25) is 4.79 Å². The van der Waals surface area contributed by atoms with Gasteiger partial charge in [-0.2, -0.15) is 0 Å². The van der Waals surface area contributed by atoms with Crippen LogP contribution in [-0.2, 0) is 11.2 Å². The second-order valence-electron chi connectivity index (χ2n) is 6.54. The molecule has 5 nitrogen and oxygen atoms in total. The van der Waals surface area contributed by atoms with E-state index in [-0.39, 0.29) is 12.3 Å². The minimum Gasteiger partial charge on any atom is -0.493 e. The summed E-state index contributed by atoms with van der Waals surface area (Å²) in [5, 5.41) is 2.92. The molecule has 5 heteroatoms. The molecular weight excluding hydrogens is 376 g/mol. The Hall–Kier alpha value is -3.75. The van der Waals surface area contributed by atoms with Gasteiger partial charge in [-0.25, -0.2) is 0 Å². The summed E-state index contributed by atoms with van der Waals surface area (Å²) in [4.78, 5) is 12.5. The number of carbonyl (C=O) groups excluding carboxylic acids is 1. The first-order chi connectivity index (χ1) is 14.7. The second kappa shape index (κ2) is 10.7. The van der Waals surface area contributed by atoms with Crippen LogP contribution in [0.2, 0.25) is 0 Å². The fourth-order valence-electron chi connectivity index (χ4n) is 2.84. The van der Waals surface area contributed by atoms with Crippen LogP contribution in [0.5, 0.6) is 11.5 Å². The molecular formula is C25H24N2O3. The van der Waals surface area contributed by atoms with Crippen molar-refractivity contribution in [1.29, 1.82) is 0 Å². The highest BCUT2D eigenvalue weighted by atomic mass is 16.5. The number of methoxy groups -OCH3 is 1. The van der Waals surface area contributed by atoms with E-state index in [4.69, 9.17) is 15.2 Å². The number of nitrogens with one attached hydrogen (secondary N) is 1. The summed E-state index contributed by atoms with van der Waals surface area (Å²) in [6.45, 7) is 0.821. The molecule has 1 amide bonds. The van der Waals surface area contributed by atoms with Crippen molar-refractivity contribution in [3.8, 4) is 23.3 Å². The van der Waals surface area contributed by atoms with Gasteiger partial charge in [-0.05, 0) is 48.0 Å². The average Bonchev–Trinajstić information content (AvgIpc) is 2.77. The molecule has 0 fully saturated rings. The van der Waals surface area contributed by atoms with E-state index in [0.717, 1.165) is 16.7 Å². The Bertz CT molecular complexity index is 1050. The summed E-state index contributed by atoms with van der Waals surface area (Å²) in [5.41, 5.74) is 8.77. The summed E-state index contributed by atoms with van der Waals surface area (Å²) in [6, 6.07) is 22.7. The molecule has 152 valence electrons. The van der Waals surface area contributed by atoms with Crippen molar-refractivity contribution in [3.05, 3.63) is 89.5 Å². The van der Waals surface area contributed by atoms with Crippen LogP contribution in [0.3, 0.4) is 0 Å². The lowest BCUT2D eigenvalue weighted by atomic mass is 10.1. The number of amides is 1. The highest BCUT2D eigenvalue weighted by Crippen LogP contribution is 2.28. The van der Waals surface area contributed by atoms with Crippen molar-refractivity contribution in [2.24, 2.45) is 5.73 Å². The predicted octanol–water partition coefficient (Wildman–Crippen LogP) is 3.61. The lowest BCUT2D eigenvalue weighted by Gasteiger charge is -2.12. The monoisotopic (exact) mass is 400 g/mol. The Morgan fingerprint density at radius 1 is 0.933 bits per heavy atom. The van der Waals surface area contributed by atoms with Crippen molar-refractivity contribution in [2.45, 2.75) is 6.42 Å². The Morgan fingerprint density at radius 2 is 1.70 bits per heavy atom. The van der Waals surface area contributed by atoms with Crippen molar-refractivity contribution in [3.63, 3.8) is 0 Å². The zero-order chi connectivity index (χ0) is 21.2. The summed E-state index contributed by atoms with van der Waals surface area (Å²) >= 11 is 0. The lowest BCUT2D eigenvalue weighted by molar-refractivity contribution is -0.115. The average molecular weight is 400 g/mol. The van der Waals surface area contributed by atoms with E-state index in [1.807, 2.05) is 60.7 Å². The van der Waals surface area contributed by atoms with Crippen LogP contribution in [0.4, 0.5) is 5.69 Å². The van der Waals surface area contributed by atoms with Crippen LogP contribution in [0.25, 0.3) is 0 Å². The normalized spacial score (nSPS) is 9.93. The summed E-state index contributed by atoms with van der Waals surface area (Å²) in [6.07, 6.45) is 0.216. The maximum absolute atomic E-state index is 12.5. The first-order valence-electron chi connectivity index (χ1n) is 9.64. The third-order valence-corrected chi connectivity index (χ3v) is 4.24. The van der Waals surface area contributed by atoms with Gasteiger partial charge in [0.1, 0.15) is 6.61 Å². The smallest absolute Gasteiger partial charge is 0.228 e. The molecule has 0 unspecified atom stereocenters. The molecule has 0 atom stereocenters. The maximum Gasteiger partial charge on any atom is 0.228 e. The topological polar surface area (TPSA) is 73.6 Å². The molecule has 0 bridgehead atoms. The van der Waals surface area contributed by atoms with Crippen LogP contribution in [0, 0.1) is 11.8 Å². The van der Waals surface area contributed by atoms with Gasteiger partial charge in [0, 0.05) is 23.4 Å². The van der Waals surface area contributed by atoms with Crippen molar-refractivity contribution >= 4 is 11.6 Å². The maximum atomic E-state index is 12.5. The third kappa shape index (κ3) is 6.13. The molecule has 0 radical (unpaired) electrons. The molecule has 0 saturated heterocycles. The van der Waals surface area contributed by atoms with Gasteiger partial charge in [-0.1, -0.05) is 42.2 Å². The minimum absolute atomic E-state index is 0.124. The first kappa shape index (κ1) is 21.0. The van der Waals surface area contributed by atoms with E-state index in [2.05, 4.69) is 17.2 Å². The van der Waals surface area contributed by atoms with Gasteiger partial charge in [0.05, 0.1) is 13.5 Å². The molecule has 0 aliphatic heterocycles. The number of hydrogen-bond donors (Lipinski definition) is 2. The highest BCUT2D eigenvalue weighted by Gasteiger charge is 2.09. The SMILES string of the molecule is COc1cc(CC(=O)Nc2cccc(C#Cc3ccccc3)c2)ccc1OCCN. The Labute approximate surface area is 176 Å². The second-order valence-corrected chi connectivity index (χ2v) is 6.54. The number of hydrogen-bond acceptors (Lipinski definition) is 4. The molecule has 0 aliphatic carbocycles. The fraction of sp³-hybridized carbons (Fsp3) is 0.160. The third-order valence-electron chi connectivity index (χ3n) is 4.24. The first-order valence-corrected chi connectivity index (χ1v) is 9.64. The Kier molecular flexibility index (Phi) is 7.48. The standard InChI is InChI=1S/C25H24N2O3/c1-29-24-17-21(12-13-23(24)30-15-14-26)18-25(28)27-22-9-5-8-20(16-22)11-10-19-6-3-2-4-7-19/h2-9,12-13,16-17H,14-15,18,26H2,1H3,(H,27,28). The number of rotatable bonds is 7. The molecule has 30 heavy (non-hydrogen) atoms. The number of benzene rings is 3. The van der Waals surface area contributed by atoms with Crippen LogP contribution in [-0.4, -0.2) is 26.2 Å². The number of anilines is 1. The van der Waals surface area contributed by atoms with Gasteiger partial charge in [-0.15, -0.1) is 0 Å². The highest BCUT2D eigenvalue weighted by molar-refractivity contribution is 5.92. The summed E-state index contributed by atoms with van der Waals surface area (Å²) in [7, 11) is 1.57. The summed E-state index contributed by atoms with van der Waals surface area (Å²) < 4.78 is 10.9. The molecule has 0 aliphatic rings. The fourth-order valence-corrected chi connectivity index (χ4v) is 2.84. The van der Waals surface area contributed by atoms with E-state index in [1.54, 1.807) is 19.2 Å². The minimum atomic E-state index is -0.124. The largest absolute Gasteiger partial charge is 0.493 e. The molecule has 3 aromatic carbocycles. The van der Waals surface area contributed by atoms with Crippen LogP contribution >= 0.6 is 0 Å². The molecule has 3 rings (SSSR count). The number of nitrogens with two attached hydrogens (primary N) is 1. The van der Waals surface area contributed by atoms with Crippen molar-refractivity contribution in [2.75, 3.05) is 25.6 Å². The van der Waals surface area contributed by atoms with Gasteiger partial charge in [0.2, 0.25) is 5.91 Å². The van der Waals surface area contributed by atoms with Crippen molar-refractivity contribution in [1.82, 2.24) is 0 Å². The molecule has 0 heterocycles. The quantitative estimate of drug-likeness (QED) is 0.594. The number of carbonyl (C=O) groups is 1. The lowest BCUT2D eigenvalue weighted by Crippen LogP contribution is -2.15. The van der Waals surface area contributed by atoms with Crippen LogP contribution in [0.15, 0.2) is 72.8 Å². The zero-order valence-electron chi connectivity index (χ0n) is 16.9. The van der Waals surface area contributed by atoms with E-state index >= 15 is 0 Å². The molecule has 3 aromatic rings. The summed E-state index contributed by atoms with van der Waals surface area (Å²) in [5.74, 6) is 7.30. The zero-order valence-corrected chi connectivity index (χ0v) is 16.9. The van der Waals surface area contributed by atoms with E-state index in [0.29, 0.717) is 30.3 Å².